The lowest BCUT2D eigenvalue weighted by molar-refractivity contribution is -0.907. The van der Waals surface area contributed by atoms with Crippen LogP contribution in [0.1, 0.15) is 21.3 Å². The lowest BCUT2D eigenvalue weighted by atomic mass is 9.95. The molecule has 1 saturated heterocycles. The zero-order chi connectivity index (χ0) is 19.5. The number of carbonyl (C=O) groups is 2. The maximum atomic E-state index is 13.1. The standard InChI is InChI=1S/C21H22N2O4S/c24-19(16-7-4-14-28-16)17-18(15-5-2-1-3-6-15)23(21(26)20(17)25)9-8-22-10-12-27-13-11-22/h1-7,14,18,25H,8-13H2/p+1/t18-/m0/s1. The van der Waals surface area contributed by atoms with Crippen LogP contribution < -0.4 is 4.90 Å². The lowest BCUT2D eigenvalue weighted by Gasteiger charge is -2.30. The quantitative estimate of drug-likeness (QED) is 0.717. The van der Waals surface area contributed by atoms with Gasteiger partial charge in [0.2, 0.25) is 5.78 Å². The Kier molecular flexibility index (Phi) is 5.57. The van der Waals surface area contributed by atoms with Gasteiger partial charge >= 0.3 is 0 Å². The number of benzene rings is 1. The molecule has 1 aromatic carbocycles. The molecule has 1 aromatic heterocycles. The number of carbonyl (C=O) groups excluding carboxylic acids is 2. The Bertz CT molecular complexity index is 873. The molecule has 1 atom stereocenters. The van der Waals surface area contributed by atoms with Gasteiger partial charge in [-0.05, 0) is 17.0 Å². The van der Waals surface area contributed by atoms with Crippen LogP contribution in [-0.4, -0.2) is 61.1 Å². The Labute approximate surface area is 167 Å². The SMILES string of the molecule is O=C(C1=C(O)C(=O)N(CC[NH+]2CCOCC2)[C@H]1c1ccccc1)c1cccs1. The van der Waals surface area contributed by atoms with E-state index >= 15 is 0 Å². The molecule has 0 radical (unpaired) electrons. The van der Waals surface area contributed by atoms with Gasteiger partial charge < -0.3 is 19.6 Å². The van der Waals surface area contributed by atoms with Gasteiger partial charge in [0.15, 0.2) is 5.76 Å². The van der Waals surface area contributed by atoms with E-state index in [4.69, 9.17) is 4.74 Å². The van der Waals surface area contributed by atoms with E-state index in [-0.39, 0.29) is 11.4 Å². The van der Waals surface area contributed by atoms with Gasteiger partial charge in [0, 0.05) is 0 Å². The first-order valence-electron chi connectivity index (χ1n) is 9.45. The summed E-state index contributed by atoms with van der Waals surface area (Å²) in [6.07, 6.45) is 0. The summed E-state index contributed by atoms with van der Waals surface area (Å²) in [5.74, 6) is -1.18. The summed E-state index contributed by atoms with van der Waals surface area (Å²) in [4.78, 5) is 29.5. The van der Waals surface area contributed by atoms with E-state index in [2.05, 4.69) is 0 Å². The third-order valence-corrected chi connectivity index (χ3v) is 6.18. The molecule has 2 N–H and O–H groups in total. The van der Waals surface area contributed by atoms with Crippen LogP contribution in [-0.2, 0) is 9.53 Å². The van der Waals surface area contributed by atoms with Gasteiger partial charge in [0.1, 0.15) is 13.1 Å². The number of ketones is 1. The molecule has 28 heavy (non-hydrogen) atoms. The number of hydrogen-bond donors (Lipinski definition) is 2. The lowest BCUT2D eigenvalue weighted by Crippen LogP contribution is -3.14. The Morgan fingerprint density at radius 2 is 1.93 bits per heavy atom. The molecule has 0 bridgehead atoms. The molecule has 0 aliphatic carbocycles. The van der Waals surface area contributed by atoms with Crippen molar-refractivity contribution in [1.82, 2.24) is 4.90 Å². The third kappa shape index (κ3) is 3.61. The fourth-order valence-corrected chi connectivity index (χ4v) is 4.51. The molecule has 6 nitrogen and oxygen atoms in total. The van der Waals surface area contributed by atoms with Gasteiger partial charge in [0.25, 0.3) is 5.91 Å². The molecular formula is C21H23N2O4S+. The highest BCUT2D eigenvalue weighted by Gasteiger charge is 2.44. The van der Waals surface area contributed by atoms with Crippen molar-refractivity contribution in [3.05, 3.63) is 69.6 Å². The Morgan fingerprint density at radius 1 is 1.18 bits per heavy atom. The van der Waals surface area contributed by atoms with E-state index in [1.54, 1.807) is 17.0 Å². The summed E-state index contributed by atoms with van der Waals surface area (Å²) in [5, 5.41) is 12.4. The van der Waals surface area contributed by atoms with Crippen LogP contribution in [0.3, 0.4) is 0 Å². The van der Waals surface area contributed by atoms with Crippen molar-refractivity contribution < 1.29 is 24.3 Å². The minimum Gasteiger partial charge on any atom is -0.503 e. The highest BCUT2D eigenvalue weighted by Crippen LogP contribution is 2.39. The number of nitrogens with one attached hydrogen (secondary N) is 1. The van der Waals surface area contributed by atoms with Crippen LogP contribution in [0, 0.1) is 0 Å². The molecule has 1 amide bonds. The van der Waals surface area contributed by atoms with E-state index in [1.807, 2.05) is 35.7 Å². The van der Waals surface area contributed by atoms with Crippen LogP contribution in [0.5, 0.6) is 0 Å². The van der Waals surface area contributed by atoms with Crippen LogP contribution in [0.25, 0.3) is 0 Å². The predicted molar refractivity (Wildman–Crippen MR) is 106 cm³/mol. The fraction of sp³-hybridized carbons (Fsp3) is 0.333. The first-order valence-corrected chi connectivity index (χ1v) is 10.3. The molecule has 2 aliphatic heterocycles. The van der Waals surface area contributed by atoms with E-state index < -0.39 is 17.7 Å². The molecule has 146 valence electrons. The number of aliphatic hydroxyl groups is 1. The molecule has 7 heteroatoms. The van der Waals surface area contributed by atoms with Crippen molar-refractivity contribution >= 4 is 23.0 Å². The second kappa shape index (κ2) is 8.26. The summed E-state index contributed by atoms with van der Waals surface area (Å²) >= 11 is 1.31. The average Bonchev–Trinajstić information content (AvgIpc) is 3.36. The van der Waals surface area contributed by atoms with E-state index in [0.29, 0.717) is 11.4 Å². The summed E-state index contributed by atoms with van der Waals surface area (Å²) in [7, 11) is 0. The van der Waals surface area contributed by atoms with Crippen molar-refractivity contribution in [3.8, 4) is 0 Å². The summed E-state index contributed by atoms with van der Waals surface area (Å²) < 4.78 is 5.40. The van der Waals surface area contributed by atoms with Gasteiger partial charge in [0.05, 0.1) is 42.8 Å². The number of nitrogens with zero attached hydrogens (tertiary/aromatic N) is 1. The minimum absolute atomic E-state index is 0.177. The van der Waals surface area contributed by atoms with Crippen LogP contribution in [0.2, 0.25) is 0 Å². The highest BCUT2D eigenvalue weighted by molar-refractivity contribution is 7.12. The van der Waals surface area contributed by atoms with Crippen LogP contribution >= 0.6 is 11.3 Å². The van der Waals surface area contributed by atoms with Gasteiger partial charge in [-0.15, -0.1) is 11.3 Å². The number of thiophene rings is 1. The molecule has 0 spiro atoms. The molecule has 1 fully saturated rings. The second-order valence-electron chi connectivity index (χ2n) is 6.99. The van der Waals surface area contributed by atoms with E-state index in [9.17, 15) is 14.7 Å². The Hall–Kier alpha value is -2.48. The molecule has 0 unspecified atom stereocenters. The summed E-state index contributed by atoms with van der Waals surface area (Å²) in [5.41, 5.74) is 1.01. The number of morpholine rings is 1. The maximum Gasteiger partial charge on any atom is 0.290 e. The number of amides is 1. The van der Waals surface area contributed by atoms with E-state index in [1.165, 1.54) is 16.2 Å². The number of quaternary nitrogens is 1. The number of aliphatic hydroxyl groups excluding tert-OH is 1. The minimum atomic E-state index is -0.566. The molecular weight excluding hydrogens is 376 g/mol. The molecule has 3 heterocycles. The average molecular weight is 399 g/mol. The van der Waals surface area contributed by atoms with Gasteiger partial charge in [-0.2, -0.15) is 0 Å². The summed E-state index contributed by atoms with van der Waals surface area (Å²) in [6, 6.07) is 12.4. The van der Waals surface area contributed by atoms with Crippen molar-refractivity contribution in [2.45, 2.75) is 6.04 Å². The highest BCUT2D eigenvalue weighted by atomic mass is 32.1. The molecule has 4 rings (SSSR count). The van der Waals surface area contributed by atoms with Gasteiger partial charge in [-0.25, -0.2) is 0 Å². The zero-order valence-corrected chi connectivity index (χ0v) is 16.3. The number of hydrogen-bond acceptors (Lipinski definition) is 5. The Balaban J connectivity index is 1.64. The first-order chi connectivity index (χ1) is 13.7. The second-order valence-corrected chi connectivity index (χ2v) is 7.94. The molecule has 0 saturated carbocycles. The number of ether oxygens (including phenoxy) is 1. The molecule has 2 aliphatic rings. The maximum absolute atomic E-state index is 13.1. The Morgan fingerprint density at radius 3 is 2.61 bits per heavy atom. The van der Waals surface area contributed by atoms with Crippen LogP contribution in [0.15, 0.2) is 59.2 Å². The van der Waals surface area contributed by atoms with Gasteiger partial charge in [-0.1, -0.05) is 36.4 Å². The predicted octanol–water partition coefficient (Wildman–Crippen LogP) is 1.24. The number of Topliss-reactive ketones (excluding diaryl/α,β-unsaturated/α-hetero) is 1. The number of rotatable bonds is 6. The smallest absolute Gasteiger partial charge is 0.290 e. The zero-order valence-electron chi connectivity index (χ0n) is 15.5. The fourth-order valence-electron chi connectivity index (χ4n) is 3.83. The first kappa shape index (κ1) is 18.9. The van der Waals surface area contributed by atoms with Crippen molar-refractivity contribution in [2.75, 3.05) is 39.4 Å². The van der Waals surface area contributed by atoms with Gasteiger partial charge in [-0.3, -0.25) is 9.59 Å². The normalized spacial score (nSPS) is 20.8. The van der Waals surface area contributed by atoms with Crippen LogP contribution in [0.4, 0.5) is 0 Å². The third-order valence-electron chi connectivity index (χ3n) is 5.31. The van der Waals surface area contributed by atoms with Crippen molar-refractivity contribution in [3.63, 3.8) is 0 Å². The topological polar surface area (TPSA) is 71.3 Å². The summed E-state index contributed by atoms with van der Waals surface area (Å²) in [6.45, 7) is 4.47. The van der Waals surface area contributed by atoms with Crippen molar-refractivity contribution in [1.29, 1.82) is 0 Å². The van der Waals surface area contributed by atoms with Crippen molar-refractivity contribution in [2.24, 2.45) is 0 Å². The van der Waals surface area contributed by atoms with E-state index in [0.717, 1.165) is 38.4 Å². The largest absolute Gasteiger partial charge is 0.503 e. The monoisotopic (exact) mass is 399 g/mol. The molecule has 2 aromatic rings.